The molecule has 0 N–H and O–H groups in total. The fourth-order valence-electron chi connectivity index (χ4n) is 3.89. The van der Waals surface area contributed by atoms with Crippen molar-refractivity contribution in [3.05, 3.63) is 92.9 Å². The Morgan fingerprint density at radius 1 is 1.12 bits per heavy atom. The number of aryl methyl sites for hydroxylation is 1. The van der Waals surface area contributed by atoms with Crippen LogP contribution in [0.4, 0.5) is 0 Å². The number of carbonyl (C=O) groups excluding carboxylic acids is 1. The number of carbonyl (C=O) groups is 1. The third kappa shape index (κ3) is 4.37. The van der Waals surface area contributed by atoms with Crippen molar-refractivity contribution in [1.29, 1.82) is 0 Å². The molecular formula is C25H18Cl3N3O3. The monoisotopic (exact) mass is 513 g/mol. The van der Waals surface area contributed by atoms with Crippen LogP contribution in [-0.4, -0.2) is 28.2 Å². The average Bonchev–Trinajstić information content (AvgIpc) is 3.49. The van der Waals surface area contributed by atoms with E-state index in [1.807, 2.05) is 37.3 Å². The van der Waals surface area contributed by atoms with Crippen molar-refractivity contribution in [1.82, 2.24) is 9.99 Å². The molecule has 0 spiro atoms. The molecule has 6 nitrogen and oxygen atoms in total. The minimum atomic E-state index is -0.394. The van der Waals surface area contributed by atoms with Crippen molar-refractivity contribution in [2.24, 2.45) is 5.10 Å². The normalized spacial score (nSPS) is 15.6. The third-order valence-electron chi connectivity index (χ3n) is 5.53. The molecule has 0 saturated carbocycles. The zero-order chi connectivity index (χ0) is 23.8. The van der Waals surface area contributed by atoms with Gasteiger partial charge in [0.15, 0.2) is 12.4 Å². The van der Waals surface area contributed by atoms with Crippen LogP contribution in [0.25, 0.3) is 10.9 Å². The first kappa shape index (κ1) is 22.7. The van der Waals surface area contributed by atoms with Crippen LogP contribution in [0.1, 0.15) is 29.5 Å². The lowest BCUT2D eigenvalue weighted by atomic mass is 10.0. The van der Waals surface area contributed by atoms with E-state index in [1.54, 1.807) is 30.5 Å². The molecule has 1 amide bonds. The van der Waals surface area contributed by atoms with E-state index in [1.165, 1.54) is 5.01 Å². The first-order chi connectivity index (χ1) is 16.4. The SMILES string of the molecule is Cc1ccc2c(Cl)cc(Cl)c(OCC(=O)N3N=C(c4ccc(Cl)cc4)CC3c3ccco3)c2n1. The second-order valence-electron chi connectivity index (χ2n) is 7.83. The highest BCUT2D eigenvalue weighted by Gasteiger charge is 2.35. The van der Waals surface area contributed by atoms with Gasteiger partial charge in [-0.15, -0.1) is 0 Å². The summed E-state index contributed by atoms with van der Waals surface area (Å²) in [6.07, 6.45) is 2.06. The van der Waals surface area contributed by atoms with Gasteiger partial charge in [-0.1, -0.05) is 46.9 Å². The highest BCUT2D eigenvalue weighted by molar-refractivity contribution is 6.39. The molecule has 0 radical (unpaired) electrons. The van der Waals surface area contributed by atoms with Crippen LogP contribution in [0.2, 0.25) is 15.1 Å². The van der Waals surface area contributed by atoms with Crippen LogP contribution in [0, 0.1) is 6.92 Å². The van der Waals surface area contributed by atoms with E-state index < -0.39 is 6.04 Å². The fraction of sp³-hybridized carbons (Fsp3) is 0.160. The van der Waals surface area contributed by atoms with Gasteiger partial charge in [0.05, 0.1) is 22.0 Å². The number of nitrogens with zero attached hydrogens (tertiary/aromatic N) is 3. The number of fused-ring (bicyclic) bond motifs is 1. The maximum atomic E-state index is 13.3. The fourth-order valence-corrected chi connectivity index (χ4v) is 4.58. The van der Waals surface area contributed by atoms with Gasteiger partial charge in [-0.2, -0.15) is 5.10 Å². The Morgan fingerprint density at radius 2 is 1.91 bits per heavy atom. The van der Waals surface area contributed by atoms with Crippen LogP contribution in [0.3, 0.4) is 0 Å². The Kier molecular flexibility index (Phi) is 6.21. The van der Waals surface area contributed by atoms with Crippen LogP contribution in [0.5, 0.6) is 5.75 Å². The first-order valence-corrected chi connectivity index (χ1v) is 11.6. The molecule has 0 fully saturated rings. The van der Waals surface area contributed by atoms with Gasteiger partial charge in [0.25, 0.3) is 5.91 Å². The largest absolute Gasteiger partial charge is 0.480 e. The molecule has 2 aromatic carbocycles. The number of rotatable bonds is 5. The van der Waals surface area contributed by atoms with Gasteiger partial charge >= 0.3 is 0 Å². The van der Waals surface area contributed by atoms with E-state index in [4.69, 9.17) is 44.0 Å². The molecule has 2 aromatic heterocycles. The van der Waals surface area contributed by atoms with E-state index in [-0.39, 0.29) is 17.5 Å². The molecule has 1 atom stereocenters. The molecule has 0 bridgehead atoms. The second kappa shape index (κ2) is 9.29. The molecule has 9 heteroatoms. The highest BCUT2D eigenvalue weighted by Crippen LogP contribution is 2.38. The summed E-state index contributed by atoms with van der Waals surface area (Å²) < 4.78 is 11.5. The number of aromatic nitrogens is 1. The maximum Gasteiger partial charge on any atom is 0.281 e. The number of furan rings is 1. The van der Waals surface area contributed by atoms with E-state index in [9.17, 15) is 4.79 Å². The molecule has 0 aliphatic carbocycles. The lowest BCUT2D eigenvalue weighted by Crippen LogP contribution is -2.31. The van der Waals surface area contributed by atoms with Gasteiger partial charge in [-0.25, -0.2) is 9.99 Å². The van der Waals surface area contributed by atoms with Gasteiger partial charge < -0.3 is 9.15 Å². The topological polar surface area (TPSA) is 67.9 Å². The smallest absolute Gasteiger partial charge is 0.281 e. The lowest BCUT2D eigenvalue weighted by molar-refractivity contribution is -0.135. The van der Waals surface area contributed by atoms with Crippen molar-refractivity contribution >= 4 is 57.3 Å². The Morgan fingerprint density at radius 3 is 2.65 bits per heavy atom. The average molecular weight is 515 g/mol. The van der Waals surface area contributed by atoms with Crippen LogP contribution in [0.15, 0.2) is 70.4 Å². The number of hydrogen-bond acceptors (Lipinski definition) is 5. The minimum absolute atomic E-state index is 0.276. The summed E-state index contributed by atoms with van der Waals surface area (Å²) in [6.45, 7) is 1.56. The number of ether oxygens (including phenoxy) is 1. The van der Waals surface area contributed by atoms with Gasteiger partial charge in [-0.05, 0) is 55.0 Å². The highest BCUT2D eigenvalue weighted by atomic mass is 35.5. The summed E-state index contributed by atoms with van der Waals surface area (Å²) in [6, 6.07) is 15.8. The third-order valence-corrected chi connectivity index (χ3v) is 6.38. The van der Waals surface area contributed by atoms with E-state index >= 15 is 0 Å². The number of hydrazone groups is 1. The summed E-state index contributed by atoms with van der Waals surface area (Å²) in [5.74, 6) is 0.583. The quantitative estimate of drug-likeness (QED) is 0.292. The number of amides is 1. The van der Waals surface area contributed by atoms with Gasteiger partial charge in [0.1, 0.15) is 17.3 Å². The Hall–Kier alpha value is -3.06. The summed E-state index contributed by atoms with van der Waals surface area (Å²) in [5.41, 5.74) is 2.90. The van der Waals surface area contributed by atoms with Gasteiger partial charge in [0.2, 0.25) is 0 Å². The predicted molar refractivity (Wildman–Crippen MR) is 133 cm³/mol. The van der Waals surface area contributed by atoms with Crippen LogP contribution in [-0.2, 0) is 4.79 Å². The predicted octanol–water partition coefficient (Wildman–Crippen LogP) is 6.85. The standard InChI is InChI=1S/C25H18Cl3N3O3/c1-14-4-9-17-18(27)11-19(28)25(24(17)29-14)34-13-23(32)31-21(22-3-2-10-33-22)12-20(30-31)15-5-7-16(26)8-6-15/h2-11,21H,12-13H2,1H3. The van der Waals surface area contributed by atoms with Gasteiger partial charge in [0, 0.05) is 22.5 Å². The van der Waals surface area contributed by atoms with Crippen LogP contribution < -0.4 is 4.74 Å². The zero-order valence-corrected chi connectivity index (χ0v) is 20.2. The molecule has 5 rings (SSSR count). The number of pyridine rings is 1. The van der Waals surface area contributed by atoms with Crippen molar-refractivity contribution in [2.75, 3.05) is 6.61 Å². The van der Waals surface area contributed by atoms with E-state index in [0.29, 0.717) is 38.9 Å². The second-order valence-corrected chi connectivity index (χ2v) is 9.08. The zero-order valence-electron chi connectivity index (χ0n) is 18.0. The van der Waals surface area contributed by atoms with Gasteiger partial charge in [-0.3, -0.25) is 4.79 Å². The summed E-state index contributed by atoms with van der Waals surface area (Å²) in [4.78, 5) is 17.8. The maximum absolute atomic E-state index is 13.3. The Labute approximate surface area is 210 Å². The molecule has 0 saturated heterocycles. The minimum Gasteiger partial charge on any atom is -0.480 e. The molecule has 3 heterocycles. The summed E-state index contributed by atoms with van der Waals surface area (Å²) in [7, 11) is 0. The van der Waals surface area contributed by atoms with Crippen molar-refractivity contribution in [3.63, 3.8) is 0 Å². The molecule has 172 valence electrons. The van der Waals surface area contributed by atoms with Crippen molar-refractivity contribution < 1.29 is 13.9 Å². The summed E-state index contributed by atoms with van der Waals surface area (Å²) in [5, 5.41) is 8.05. The van der Waals surface area contributed by atoms with Crippen molar-refractivity contribution in [3.8, 4) is 5.75 Å². The number of hydrogen-bond donors (Lipinski definition) is 0. The molecule has 4 aromatic rings. The molecule has 34 heavy (non-hydrogen) atoms. The van der Waals surface area contributed by atoms with Crippen molar-refractivity contribution in [2.45, 2.75) is 19.4 Å². The molecule has 1 unspecified atom stereocenters. The summed E-state index contributed by atoms with van der Waals surface area (Å²) >= 11 is 18.7. The molecule has 1 aliphatic rings. The van der Waals surface area contributed by atoms with E-state index in [2.05, 4.69) is 10.1 Å². The Bertz CT molecular complexity index is 1400. The number of benzene rings is 2. The van der Waals surface area contributed by atoms with Crippen LogP contribution >= 0.6 is 34.8 Å². The molecule has 1 aliphatic heterocycles. The first-order valence-electron chi connectivity index (χ1n) is 10.5. The molecular weight excluding hydrogens is 497 g/mol. The lowest BCUT2D eigenvalue weighted by Gasteiger charge is -2.20. The van der Waals surface area contributed by atoms with E-state index in [0.717, 1.165) is 17.0 Å². The Balaban J connectivity index is 1.44. The number of halogens is 3.